The van der Waals surface area contributed by atoms with Crippen molar-refractivity contribution in [2.45, 2.75) is 83.3 Å². The number of hydrazine groups is 1. The Balaban J connectivity index is 2.18. The molecule has 0 spiro atoms. The Kier molecular flexibility index (Phi) is 6.06. The van der Waals surface area contributed by atoms with Crippen LogP contribution in [0.1, 0.15) is 71.6 Å². The van der Waals surface area contributed by atoms with Crippen molar-refractivity contribution >= 4 is 0 Å². The van der Waals surface area contributed by atoms with E-state index in [1.54, 1.807) is 0 Å². The van der Waals surface area contributed by atoms with Crippen LogP contribution in [0, 0.1) is 5.92 Å². The van der Waals surface area contributed by atoms with E-state index in [1.165, 1.54) is 50.5 Å². The molecule has 0 radical (unpaired) electrons. The van der Waals surface area contributed by atoms with Crippen molar-refractivity contribution in [3.8, 4) is 0 Å². The van der Waals surface area contributed by atoms with Gasteiger partial charge in [0.05, 0.1) is 11.6 Å². The van der Waals surface area contributed by atoms with Crippen LogP contribution in [0.4, 0.5) is 0 Å². The molecule has 0 saturated heterocycles. The first-order valence-corrected chi connectivity index (χ1v) is 8.51. The van der Waals surface area contributed by atoms with Crippen molar-refractivity contribution in [3.63, 3.8) is 0 Å². The van der Waals surface area contributed by atoms with Crippen molar-refractivity contribution in [1.29, 1.82) is 0 Å². The minimum Gasteiger partial charge on any atom is -0.373 e. The predicted octanol–water partition coefficient (Wildman–Crippen LogP) is 3.69. The van der Waals surface area contributed by atoms with E-state index < -0.39 is 0 Å². The van der Waals surface area contributed by atoms with Crippen LogP contribution in [-0.4, -0.2) is 18.2 Å². The summed E-state index contributed by atoms with van der Waals surface area (Å²) >= 11 is 0. The first-order valence-electron chi connectivity index (χ1n) is 8.51. The van der Waals surface area contributed by atoms with Crippen molar-refractivity contribution in [2.24, 2.45) is 11.8 Å². The van der Waals surface area contributed by atoms with Gasteiger partial charge in [0.2, 0.25) is 0 Å². The Morgan fingerprint density at radius 2 is 2.10 bits per heavy atom. The lowest BCUT2D eigenvalue weighted by molar-refractivity contribution is -0.0891. The number of allylic oxidation sites excluding steroid dienone is 1. The van der Waals surface area contributed by atoms with E-state index >= 15 is 0 Å². The molecule has 2 aliphatic rings. The monoisotopic (exact) mass is 280 g/mol. The molecule has 3 heteroatoms. The SMILES string of the molecule is CCOC1(C(NN)C2=CCCCCC2)CCC(C)CC1. The van der Waals surface area contributed by atoms with E-state index in [0.29, 0.717) is 0 Å². The first-order chi connectivity index (χ1) is 9.72. The highest BCUT2D eigenvalue weighted by molar-refractivity contribution is 5.19. The molecule has 0 bridgehead atoms. The molecule has 0 aliphatic heterocycles. The molecule has 0 amide bonds. The van der Waals surface area contributed by atoms with Crippen LogP contribution in [0.15, 0.2) is 11.6 Å². The molecular weight excluding hydrogens is 248 g/mol. The normalized spacial score (nSPS) is 33.4. The third kappa shape index (κ3) is 3.63. The molecule has 2 rings (SSSR count). The summed E-state index contributed by atoms with van der Waals surface area (Å²) in [4.78, 5) is 0. The minimum atomic E-state index is -0.0772. The molecule has 20 heavy (non-hydrogen) atoms. The van der Waals surface area contributed by atoms with Gasteiger partial charge in [-0.3, -0.25) is 11.3 Å². The van der Waals surface area contributed by atoms with Crippen molar-refractivity contribution < 1.29 is 4.74 Å². The largest absolute Gasteiger partial charge is 0.373 e. The maximum Gasteiger partial charge on any atom is 0.0886 e. The highest BCUT2D eigenvalue weighted by atomic mass is 16.5. The Labute approximate surface area is 124 Å². The summed E-state index contributed by atoms with van der Waals surface area (Å²) in [6, 6.07) is 0.202. The third-order valence-corrected chi connectivity index (χ3v) is 5.19. The quantitative estimate of drug-likeness (QED) is 0.458. The number of nitrogens with one attached hydrogen (secondary N) is 1. The summed E-state index contributed by atoms with van der Waals surface area (Å²) in [5.74, 6) is 6.79. The van der Waals surface area contributed by atoms with E-state index in [0.717, 1.165) is 25.4 Å². The van der Waals surface area contributed by atoms with Gasteiger partial charge >= 0.3 is 0 Å². The summed E-state index contributed by atoms with van der Waals surface area (Å²) < 4.78 is 6.28. The molecule has 3 N–H and O–H groups in total. The maximum absolute atomic E-state index is 6.28. The van der Waals surface area contributed by atoms with E-state index in [9.17, 15) is 0 Å². The van der Waals surface area contributed by atoms with Crippen molar-refractivity contribution in [3.05, 3.63) is 11.6 Å². The molecular formula is C17H32N2O. The fourth-order valence-corrected chi connectivity index (χ4v) is 3.95. The zero-order valence-electron chi connectivity index (χ0n) is 13.3. The highest BCUT2D eigenvalue weighted by Gasteiger charge is 2.43. The second-order valence-electron chi connectivity index (χ2n) is 6.66. The van der Waals surface area contributed by atoms with Crippen LogP contribution in [0.2, 0.25) is 0 Å². The second kappa shape index (κ2) is 7.58. The molecule has 0 aromatic heterocycles. The van der Waals surface area contributed by atoms with Gasteiger partial charge in [-0.25, -0.2) is 0 Å². The van der Waals surface area contributed by atoms with E-state index in [4.69, 9.17) is 10.6 Å². The fraction of sp³-hybridized carbons (Fsp3) is 0.882. The van der Waals surface area contributed by atoms with Gasteiger partial charge in [-0.05, 0) is 64.2 Å². The fourth-order valence-electron chi connectivity index (χ4n) is 3.95. The lowest BCUT2D eigenvalue weighted by Gasteiger charge is -2.45. The van der Waals surface area contributed by atoms with Crippen LogP contribution in [0.5, 0.6) is 0 Å². The lowest BCUT2D eigenvalue weighted by Crippen LogP contribution is -2.57. The molecule has 1 fully saturated rings. The van der Waals surface area contributed by atoms with Crippen LogP contribution in [0.25, 0.3) is 0 Å². The molecule has 116 valence electrons. The molecule has 0 heterocycles. The molecule has 1 unspecified atom stereocenters. The maximum atomic E-state index is 6.28. The molecule has 1 atom stereocenters. The zero-order valence-corrected chi connectivity index (χ0v) is 13.3. The van der Waals surface area contributed by atoms with E-state index in [2.05, 4.69) is 25.3 Å². The summed E-state index contributed by atoms with van der Waals surface area (Å²) in [6.45, 7) is 5.24. The van der Waals surface area contributed by atoms with Crippen LogP contribution < -0.4 is 11.3 Å². The molecule has 0 aromatic carbocycles. The van der Waals surface area contributed by atoms with E-state index in [1.807, 2.05) is 0 Å². The summed E-state index contributed by atoms with van der Waals surface area (Å²) in [6.07, 6.45) is 13.5. The van der Waals surface area contributed by atoms with Gasteiger partial charge < -0.3 is 4.74 Å². The molecule has 2 aliphatic carbocycles. The average Bonchev–Trinajstić information content (AvgIpc) is 2.72. The van der Waals surface area contributed by atoms with Gasteiger partial charge in [-0.1, -0.05) is 25.0 Å². The molecule has 3 nitrogen and oxygen atoms in total. The summed E-state index contributed by atoms with van der Waals surface area (Å²) in [7, 11) is 0. The van der Waals surface area contributed by atoms with Gasteiger partial charge in [0, 0.05) is 6.61 Å². The van der Waals surface area contributed by atoms with E-state index in [-0.39, 0.29) is 11.6 Å². The van der Waals surface area contributed by atoms with Gasteiger partial charge in [0.25, 0.3) is 0 Å². The smallest absolute Gasteiger partial charge is 0.0886 e. The predicted molar refractivity (Wildman–Crippen MR) is 84.3 cm³/mol. The Morgan fingerprint density at radius 1 is 1.35 bits per heavy atom. The van der Waals surface area contributed by atoms with Crippen molar-refractivity contribution in [1.82, 2.24) is 5.43 Å². The number of ether oxygens (including phenoxy) is 1. The second-order valence-corrected chi connectivity index (χ2v) is 6.66. The van der Waals surface area contributed by atoms with Crippen LogP contribution in [-0.2, 0) is 4.74 Å². The standard InChI is InChI=1S/C17H32N2O/c1-3-20-17(12-10-14(2)11-13-17)16(19-18)15-8-6-4-5-7-9-15/h8,14,16,19H,3-7,9-13,18H2,1-2H3. The van der Waals surface area contributed by atoms with Crippen LogP contribution in [0.3, 0.4) is 0 Å². The number of nitrogens with two attached hydrogens (primary N) is 1. The summed E-state index contributed by atoms with van der Waals surface area (Å²) in [5, 5.41) is 0. The van der Waals surface area contributed by atoms with Gasteiger partial charge in [-0.15, -0.1) is 0 Å². The Morgan fingerprint density at radius 3 is 2.75 bits per heavy atom. The van der Waals surface area contributed by atoms with Crippen molar-refractivity contribution in [2.75, 3.05) is 6.61 Å². The number of hydrogen-bond donors (Lipinski definition) is 2. The average molecular weight is 280 g/mol. The van der Waals surface area contributed by atoms with Gasteiger partial charge in [0.1, 0.15) is 0 Å². The zero-order chi connectivity index (χ0) is 14.4. The Bertz CT molecular complexity index is 319. The van der Waals surface area contributed by atoms with Gasteiger partial charge in [0.15, 0.2) is 0 Å². The molecule has 0 aromatic rings. The summed E-state index contributed by atoms with van der Waals surface area (Å²) in [5.41, 5.74) is 4.53. The number of hydrogen-bond acceptors (Lipinski definition) is 3. The minimum absolute atomic E-state index is 0.0772. The molecule has 1 saturated carbocycles. The topological polar surface area (TPSA) is 47.3 Å². The lowest BCUT2D eigenvalue weighted by atomic mass is 9.72. The highest BCUT2D eigenvalue weighted by Crippen LogP contribution is 2.40. The first kappa shape index (κ1) is 16.0. The van der Waals surface area contributed by atoms with Gasteiger partial charge in [-0.2, -0.15) is 0 Å². The van der Waals surface area contributed by atoms with Crippen LogP contribution >= 0.6 is 0 Å². The number of rotatable bonds is 5. The Hall–Kier alpha value is -0.380. The third-order valence-electron chi connectivity index (χ3n) is 5.19.